The van der Waals surface area contributed by atoms with Gasteiger partial charge in [-0.05, 0) is 19.1 Å². The van der Waals surface area contributed by atoms with Crippen molar-refractivity contribution in [3.8, 4) is 0 Å². The molecule has 0 atom stereocenters. The number of nitrogens with zero attached hydrogens (tertiary/aromatic N) is 4. The van der Waals surface area contributed by atoms with E-state index in [1.807, 2.05) is 6.07 Å². The molecule has 3 aromatic rings. The Bertz CT molecular complexity index is 865. The van der Waals surface area contributed by atoms with Gasteiger partial charge in [-0.2, -0.15) is 0 Å². The first kappa shape index (κ1) is 17.1. The average molecular weight is 371 g/mol. The van der Waals surface area contributed by atoms with Gasteiger partial charge >= 0.3 is 0 Å². The zero-order chi connectivity index (χ0) is 17.9. The van der Waals surface area contributed by atoms with Crippen LogP contribution >= 0.6 is 11.3 Å². The minimum atomic E-state index is -0.0575. The zero-order valence-electron chi connectivity index (χ0n) is 14.6. The van der Waals surface area contributed by atoms with Crippen molar-refractivity contribution in [2.45, 2.75) is 13.5 Å². The van der Waals surface area contributed by atoms with Crippen molar-refractivity contribution in [3.05, 3.63) is 41.1 Å². The molecule has 0 bridgehead atoms. The predicted octanol–water partition coefficient (Wildman–Crippen LogP) is 2.35. The largest absolute Gasteiger partial charge is 0.360 e. The fourth-order valence-corrected chi connectivity index (χ4v) is 4.10. The van der Waals surface area contributed by atoms with Gasteiger partial charge in [-0.15, -0.1) is 11.3 Å². The highest BCUT2D eigenvalue weighted by Crippen LogP contribution is 2.23. The van der Waals surface area contributed by atoms with Crippen molar-refractivity contribution in [1.82, 2.24) is 19.9 Å². The number of para-hydroxylation sites is 1. The fraction of sp³-hybridized carbons (Fsp3) is 0.389. The third-order valence-electron chi connectivity index (χ3n) is 4.42. The van der Waals surface area contributed by atoms with E-state index < -0.39 is 0 Å². The van der Waals surface area contributed by atoms with Crippen LogP contribution in [0.25, 0.3) is 10.2 Å². The van der Waals surface area contributed by atoms with Crippen LogP contribution in [0.5, 0.6) is 0 Å². The van der Waals surface area contributed by atoms with Gasteiger partial charge in [0.15, 0.2) is 5.82 Å². The van der Waals surface area contributed by atoms with Crippen LogP contribution in [0.1, 0.15) is 10.8 Å². The Morgan fingerprint density at radius 3 is 2.73 bits per heavy atom. The van der Waals surface area contributed by atoms with Crippen LogP contribution < -0.4 is 5.32 Å². The van der Waals surface area contributed by atoms with Gasteiger partial charge in [0.1, 0.15) is 10.8 Å². The summed E-state index contributed by atoms with van der Waals surface area (Å²) in [6, 6.07) is 9.96. The molecule has 4 rings (SSSR count). The number of fused-ring (bicyclic) bond motifs is 1. The summed E-state index contributed by atoms with van der Waals surface area (Å²) in [5.41, 5.74) is 1.07. The SMILES string of the molecule is Cc1cc(NC(=O)CN2CCN(Cc3nc4ccccc4s3)CC2)no1. The molecule has 0 spiro atoms. The molecule has 1 fully saturated rings. The van der Waals surface area contributed by atoms with Gasteiger partial charge < -0.3 is 9.84 Å². The number of hydrogen-bond acceptors (Lipinski definition) is 7. The topological polar surface area (TPSA) is 74.5 Å². The number of aryl methyl sites for hydroxylation is 1. The van der Waals surface area contributed by atoms with Crippen molar-refractivity contribution < 1.29 is 9.32 Å². The van der Waals surface area contributed by atoms with Crippen LogP contribution in [0.4, 0.5) is 5.82 Å². The third-order valence-corrected chi connectivity index (χ3v) is 5.45. The van der Waals surface area contributed by atoms with E-state index in [9.17, 15) is 4.79 Å². The Kier molecular flexibility index (Phi) is 4.96. The smallest absolute Gasteiger partial charge is 0.239 e. The van der Waals surface area contributed by atoms with E-state index >= 15 is 0 Å². The summed E-state index contributed by atoms with van der Waals surface area (Å²) >= 11 is 1.76. The van der Waals surface area contributed by atoms with E-state index in [-0.39, 0.29) is 5.91 Å². The molecule has 26 heavy (non-hydrogen) atoms. The quantitative estimate of drug-likeness (QED) is 0.742. The van der Waals surface area contributed by atoms with Gasteiger partial charge in [0, 0.05) is 32.2 Å². The van der Waals surface area contributed by atoms with Crippen LogP contribution in [-0.4, -0.2) is 58.6 Å². The number of benzene rings is 1. The molecule has 1 N–H and O–H groups in total. The van der Waals surface area contributed by atoms with E-state index in [4.69, 9.17) is 9.51 Å². The number of hydrogen-bond donors (Lipinski definition) is 1. The van der Waals surface area contributed by atoms with Gasteiger partial charge in [0.2, 0.25) is 5.91 Å². The summed E-state index contributed by atoms with van der Waals surface area (Å²) in [5.74, 6) is 1.10. The maximum Gasteiger partial charge on any atom is 0.239 e. The number of piperazine rings is 1. The summed E-state index contributed by atoms with van der Waals surface area (Å²) in [7, 11) is 0. The van der Waals surface area contributed by atoms with Gasteiger partial charge in [-0.3, -0.25) is 14.6 Å². The lowest BCUT2D eigenvalue weighted by molar-refractivity contribution is -0.117. The molecule has 1 aliphatic heterocycles. The highest BCUT2D eigenvalue weighted by molar-refractivity contribution is 7.18. The van der Waals surface area contributed by atoms with Crippen LogP contribution in [0.15, 0.2) is 34.9 Å². The van der Waals surface area contributed by atoms with E-state index in [0.717, 1.165) is 43.2 Å². The Balaban J connectivity index is 1.25. The zero-order valence-corrected chi connectivity index (χ0v) is 15.5. The first-order chi connectivity index (χ1) is 12.7. The summed E-state index contributed by atoms with van der Waals surface area (Å²) in [6.45, 7) is 6.66. The molecule has 0 saturated carbocycles. The van der Waals surface area contributed by atoms with Gasteiger partial charge in [0.05, 0.1) is 23.3 Å². The molecule has 3 heterocycles. The third kappa shape index (κ3) is 4.09. The molecule has 1 saturated heterocycles. The Morgan fingerprint density at radius 2 is 2.00 bits per heavy atom. The van der Waals surface area contributed by atoms with Crippen molar-refractivity contribution in [1.29, 1.82) is 0 Å². The number of nitrogens with one attached hydrogen (secondary N) is 1. The Morgan fingerprint density at radius 1 is 1.23 bits per heavy atom. The molecule has 1 aromatic carbocycles. The summed E-state index contributed by atoms with van der Waals surface area (Å²) in [5, 5.41) is 7.71. The highest BCUT2D eigenvalue weighted by atomic mass is 32.1. The molecule has 1 aliphatic rings. The van der Waals surface area contributed by atoms with Crippen LogP contribution in [-0.2, 0) is 11.3 Å². The second kappa shape index (κ2) is 7.53. The maximum absolute atomic E-state index is 12.1. The number of thiazole rings is 1. The van der Waals surface area contributed by atoms with Crippen molar-refractivity contribution in [3.63, 3.8) is 0 Å². The van der Waals surface area contributed by atoms with Crippen LogP contribution in [0.2, 0.25) is 0 Å². The van der Waals surface area contributed by atoms with E-state index in [1.165, 1.54) is 4.70 Å². The highest BCUT2D eigenvalue weighted by Gasteiger charge is 2.20. The number of amides is 1. The maximum atomic E-state index is 12.1. The first-order valence-corrected chi connectivity index (χ1v) is 9.50. The minimum Gasteiger partial charge on any atom is -0.360 e. The van der Waals surface area contributed by atoms with E-state index in [0.29, 0.717) is 18.1 Å². The molecular formula is C18H21N5O2S. The molecule has 136 valence electrons. The lowest BCUT2D eigenvalue weighted by Gasteiger charge is -2.33. The molecule has 0 aliphatic carbocycles. The molecule has 0 radical (unpaired) electrons. The number of anilines is 1. The minimum absolute atomic E-state index is 0.0575. The van der Waals surface area contributed by atoms with Gasteiger partial charge in [-0.1, -0.05) is 17.3 Å². The van der Waals surface area contributed by atoms with Crippen molar-refractivity contribution >= 4 is 33.3 Å². The Hall–Kier alpha value is -2.29. The van der Waals surface area contributed by atoms with E-state index in [1.54, 1.807) is 24.3 Å². The van der Waals surface area contributed by atoms with Crippen molar-refractivity contribution in [2.75, 3.05) is 38.0 Å². The standard InChI is InChI=1S/C18H21N5O2S/c1-13-10-16(21-25-13)20-17(24)11-22-6-8-23(9-7-22)12-18-19-14-4-2-3-5-15(14)26-18/h2-5,10H,6-9,11-12H2,1H3,(H,20,21,24). The van der Waals surface area contributed by atoms with Crippen molar-refractivity contribution in [2.24, 2.45) is 0 Å². The predicted molar refractivity (Wildman–Crippen MR) is 101 cm³/mol. The lowest BCUT2D eigenvalue weighted by atomic mass is 10.3. The number of rotatable bonds is 5. The normalized spacial score (nSPS) is 16.2. The second-order valence-corrected chi connectivity index (χ2v) is 7.61. The number of carbonyl (C=O) groups excluding carboxylic acids is 1. The monoisotopic (exact) mass is 371 g/mol. The molecule has 8 heteroatoms. The summed E-state index contributed by atoms with van der Waals surface area (Å²) in [6.07, 6.45) is 0. The summed E-state index contributed by atoms with van der Waals surface area (Å²) in [4.78, 5) is 21.4. The van der Waals surface area contributed by atoms with Gasteiger partial charge in [-0.25, -0.2) is 4.98 Å². The fourth-order valence-electron chi connectivity index (χ4n) is 3.10. The van der Waals surface area contributed by atoms with Crippen LogP contribution in [0.3, 0.4) is 0 Å². The van der Waals surface area contributed by atoms with E-state index in [2.05, 4.69) is 38.5 Å². The van der Waals surface area contributed by atoms with Crippen LogP contribution in [0, 0.1) is 6.92 Å². The number of carbonyl (C=O) groups is 1. The Labute approximate surface area is 155 Å². The lowest BCUT2D eigenvalue weighted by Crippen LogP contribution is -2.48. The summed E-state index contributed by atoms with van der Waals surface area (Å²) < 4.78 is 6.19. The average Bonchev–Trinajstić information content (AvgIpc) is 3.21. The second-order valence-electron chi connectivity index (χ2n) is 6.50. The first-order valence-electron chi connectivity index (χ1n) is 8.68. The molecule has 7 nitrogen and oxygen atoms in total. The van der Waals surface area contributed by atoms with Gasteiger partial charge in [0.25, 0.3) is 0 Å². The molecule has 2 aromatic heterocycles. The molecule has 1 amide bonds. The molecule has 0 unspecified atom stereocenters. The molecular weight excluding hydrogens is 350 g/mol. The number of aromatic nitrogens is 2.